The zero-order chi connectivity index (χ0) is 19.4. The number of nitriles is 1. The van der Waals surface area contributed by atoms with Crippen molar-refractivity contribution in [3.63, 3.8) is 0 Å². The summed E-state index contributed by atoms with van der Waals surface area (Å²) in [4.78, 5) is 21.2. The predicted molar refractivity (Wildman–Crippen MR) is 110 cm³/mol. The van der Waals surface area contributed by atoms with Crippen LogP contribution in [0.25, 0.3) is 0 Å². The summed E-state index contributed by atoms with van der Waals surface area (Å²) in [5.41, 5.74) is 2.36. The summed E-state index contributed by atoms with van der Waals surface area (Å²) < 4.78 is 0.786. The number of anilines is 2. The Morgan fingerprint density at radius 2 is 1.96 bits per heavy atom. The minimum absolute atomic E-state index is 0.0932. The van der Waals surface area contributed by atoms with Crippen LogP contribution in [0, 0.1) is 11.3 Å². The van der Waals surface area contributed by atoms with Crippen LogP contribution >= 0.6 is 15.9 Å². The first-order valence-corrected chi connectivity index (χ1v) is 9.66. The van der Waals surface area contributed by atoms with E-state index in [1.165, 1.54) is 0 Å². The van der Waals surface area contributed by atoms with E-state index in [2.05, 4.69) is 37.2 Å². The van der Waals surface area contributed by atoms with E-state index in [1.54, 1.807) is 6.20 Å². The number of halogens is 1. The zero-order valence-corrected chi connectivity index (χ0v) is 17.0. The number of hydrogen-bond acceptors (Lipinski definition) is 5. The van der Waals surface area contributed by atoms with Gasteiger partial charge in [0.15, 0.2) is 0 Å². The molecule has 1 saturated heterocycles. The summed E-state index contributed by atoms with van der Waals surface area (Å²) in [6.45, 7) is 1.74. The lowest BCUT2D eigenvalue weighted by Crippen LogP contribution is -2.45. The second kappa shape index (κ2) is 8.40. The van der Waals surface area contributed by atoms with Crippen molar-refractivity contribution >= 4 is 33.3 Å². The second-order valence-electron chi connectivity index (χ2n) is 6.81. The maximum Gasteiger partial charge on any atom is 0.255 e. The predicted octanol–water partition coefficient (Wildman–Crippen LogP) is 3.18. The molecule has 140 valence electrons. The van der Waals surface area contributed by atoms with E-state index >= 15 is 0 Å². The molecule has 2 heterocycles. The number of carbonyl (C=O) groups excluding carboxylic acids is 1. The number of piperidine rings is 1. The van der Waals surface area contributed by atoms with Gasteiger partial charge in [-0.15, -0.1) is 0 Å². The standard InChI is InChI=1S/C20H22BrN5O/c1-25(2)19-18(11-15(21)13-23-19)20(27)24-16-7-9-26(10-8-16)17-5-3-14(12-22)4-6-17/h3-6,11,13,16H,7-10H2,1-2H3,(H,24,27). The minimum atomic E-state index is -0.0932. The van der Waals surface area contributed by atoms with Gasteiger partial charge >= 0.3 is 0 Å². The molecule has 6 nitrogen and oxygen atoms in total. The molecule has 0 radical (unpaired) electrons. The van der Waals surface area contributed by atoms with Gasteiger partial charge in [-0.1, -0.05) is 0 Å². The van der Waals surface area contributed by atoms with Crippen molar-refractivity contribution in [3.8, 4) is 6.07 Å². The molecule has 27 heavy (non-hydrogen) atoms. The number of carbonyl (C=O) groups is 1. The molecule has 0 unspecified atom stereocenters. The van der Waals surface area contributed by atoms with Crippen molar-refractivity contribution in [1.29, 1.82) is 5.26 Å². The van der Waals surface area contributed by atoms with Gasteiger partial charge in [-0.3, -0.25) is 4.79 Å². The number of amides is 1. The van der Waals surface area contributed by atoms with Crippen LogP contribution < -0.4 is 15.1 Å². The normalized spacial score (nSPS) is 14.5. The van der Waals surface area contributed by atoms with Gasteiger partial charge in [0.1, 0.15) is 5.82 Å². The first kappa shape index (κ1) is 19.2. The van der Waals surface area contributed by atoms with Crippen LogP contribution in [0.4, 0.5) is 11.5 Å². The van der Waals surface area contributed by atoms with Crippen LogP contribution in [-0.4, -0.2) is 44.1 Å². The fourth-order valence-corrected chi connectivity index (χ4v) is 3.58. The van der Waals surface area contributed by atoms with Crippen LogP contribution in [0.15, 0.2) is 41.0 Å². The molecule has 0 atom stereocenters. The van der Waals surface area contributed by atoms with Gasteiger partial charge in [0.05, 0.1) is 17.2 Å². The molecule has 0 bridgehead atoms. The summed E-state index contributed by atoms with van der Waals surface area (Å²) >= 11 is 3.40. The highest BCUT2D eigenvalue weighted by Crippen LogP contribution is 2.23. The van der Waals surface area contributed by atoms with E-state index in [4.69, 9.17) is 5.26 Å². The minimum Gasteiger partial charge on any atom is -0.371 e. The third kappa shape index (κ3) is 4.58. The number of benzene rings is 1. The number of rotatable bonds is 4. The Bertz CT molecular complexity index is 852. The maximum absolute atomic E-state index is 12.8. The Labute approximate surface area is 167 Å². The SMILES string of the molecule is CN(C)c1ncc(Br)cc1C(=O)NC1CCN(c2ccc(C#N)cc2)CC1. The summed E-state index contributed by atoms with van der Waals surface area (Å²) in [7, 11) is 3.76. The van der Waals surface area contributed by atoms with Crippen molar-refractivity contribution in [3.05, 3.63) is 52.1 Å². The van der Waals surface area contributed by atoms with Gasteiger partial charge in [-0.25, -0.2) is 4.98 Å². The average Bonchev–Trinajstić information content (AvgIpc) is 2.68. The Morgan fingerprint density at radius 1 is 1.30 bits per heavy atom. The molecule has 3 rings (SSSR count). The number of pyridine rings is 1. The lowest BCUT2D eigenvalue weighted by Gasteiger charge is -2.34. The van der Waals surface area contributed by atoms with Gasteiger partial charge in [-0.2, -0.15) is 5.26 Å². The number of hydrogen-bond donors (Lipinski definition) is 1. The van der Waals surface area contributed by atoms with Gasteiger partial charge in [0.2, 0.25) is 0 Å². The molecule has 2 aromatic rings. The average molecular weight is 428 g/mol. The molecule has 7 heteroatoms. The third-order valence-corrected chi connectivity index (χ3v) is 5.13. The van der Waals surface area contributed by atoms with Gasteiger partial charge in [-0.05, 0) is 59.1 Å². The Balaban J connectivity index is 1.61. The lowest BCUT2D eigenvalue weighted by atomic mass is 10.0. The topological polar surface area (TPSA) is 72.3 Å². The van der Waals surface area contributed by atoms with Crippen molar-refractivity contribution in [2.75, 3.05) is 37.0 Å². The molecule has 1 amide bonds. The highest BCUT2D eigenvalue weighted by molar-refractivity contribution is 9.10. The Hall–Kier alpha value is -2.59. The van der Waals surface area contributed by atoms with Gasteiger partial charge < -0.3 is 15.1 Å². The Kier molecular flexibility index (Phi) is 5.97. The van der Waals surface area contributed by atoms with Crippen LogP contribution in [0.1, 0.15) is 28.8 Å². The molecular weight excluding hydrogens is 406 g/mol. The monoisotopic (exact) mass is 427 g/mol. The van der Waals surface area contributed by atoms with Crippen molar-refractivity contribution in [2.24, 2.45) is 0 Å². The van der Waals surface area contributed by atoms with E-state index in [1.807, 2.05) is 49.3 Å². The molecule has 1 aromatic heterocycles. The molecule has 0 aliphatic carbocycles. The quantitative estimate of drug-likeness (QED) is 0.810. The second-order valence-corrected chi connectivity index (χ2v) is 7.73. The van der Waals surface area contributed by atoms with Crippen LogP contribution in [0.3, 0.4) is 0 Å². The van der Waals surface area contributed by atoms with E-state index < -0.39 is 0 Å². The van der Waals surface area contributed by atoms with Crippen molar-refractivity contribution < 1.29 is 4.79 Å². The molecule has 1 aromatic carbocycles. The lowest BCUT2D eigenvalue weighted by molar-refractivity contribution is 0.0931. The highest BCUT2D eigenvalue weighted by Gasteiger charge is 2.23. The van der Waals surface area contributed by atoms with Crippen LogP contribution in [0.2, 0.25) is 0 Å². The smallest absolute Gasteiger partial charge is 0.255 e. The largest absolute Gasteiger partial charge is 0.371 e. The number of aromatic nitrogens is 1. The molecular formula is C20H22BrN5O. The van der Waals surface area contributed by atoms with Gasteiger partial charge in [0, 0.05) is 49.6 Å². The van der Waals surface area contributed by atoms with Gasteiger partial charge in [0.25, 0.3) is 5.91 Å². The highest BCUT2D eigenvalue weighted by atomic mass is 79.9. The molecule has 0 spiro atoms. The summed E-state index contributed by atoms with van der Waals surface area (Å²) in [6, 6.07) is 11.7. The zero-order valence-electron chi connectivity index (χ0n) is 15.4. The fraction of sp³-hybridized carbons (Fsp3) is 0.350. The van der Waals surface area contributed by atoms with E-state index in [9.17, 15) is 4.79 Å². The molecule has 1 aliphatic heterocycles. The van der Waals surface area contributed by atoms with E-state index in [0.29, 0.717) is 16.9 Å². The van der Waals surface area contributed by atoms with Crippen LogP contribution in [-0.2, 0) is 0 Å². The first-order chi connectivity index (χ1) is 13.0. The molecule has 0 saturated carbocycles. The van der Waals surface area contributed by atoms with Crippen molar-refractivity contribution in [2.45, 2.75) is 18.9 Å². The maximum atomic E-state index is 12.8. The Morgan fingerprint density at radius 3 is 2.56 bits per heavy atom. The molecule has 1 N–H and O–H groups in total. The number of nitrogens with one attached hydrogen (secondary N) is 1. The van der Waals surface area contributed by atoms with E-state index in [-0.39, 0.29) is 11.9 Å². The van der Waals surface area contributed by atoms with Crippen LogP contribution in [0.5, 0.6) is 0 Å². The van der Waals surface area contributed by atoms with E-state index in [0.717, 1.165) is 36.1 Å². The summed E-state index contributed by atoms with van der Waals surface area (Å²) in [5, 5.41) is 12.1. The molecule has 1 fully saturated rings. The number of nitrogens with zero attached hydrogens (tertiary/aromatic N) is 4. The first-order valence-electron chi connectivity index (χ1n) is 8.87. The summed E-state index contributed by atoms with van der Waals surface area (Å²) in [5.74, 6) is 0.565. The molecule has 1 aliphatic rings. The fourth-order valence-electron chi connectivity index (χ4n) is 3.25. The van der Waals surface area contributed by atoms with Crippen molar-refractivity contribution in [1.82, 2.24) is 10.3 Å². The third-order valence-electron chi connectivity index (χ3n) is 4.69. The summed E-state index contributed by atoms with van der Waals surface area (Å²) in [6.07, 6.45) is 3.46.